The van der Waals surface area contributed by atoms with Crippen LogP contribution in [-0.2, 0) is 11.2 Å². The highest BCUT2D eigenvalue weighted by Crippen LogP contribution is 2.37. The fraction of sp³-hybridized carbons (Fsp3) is 0.440. The van der Waals surface area contributed by atoms with Gasteiger partial charge in [-0.2, -0.15) is 4.37 Å². The largest absolute Gasteiger partial charge is 0.496 e. The molecule has 2 aliphatic heterocycles. The number of rotatable bonds is 8. The number of methoxy groups -OCH3 is 1. The monoisotopic (exact) mass is 466 g/mol. The summed E-state index contributed by atoms with van der Waals surface area (Å²) in [7, 11) is 1.72. The summed E-state index contributed by atoms with van der Waals surface area (Å²) in [6.07, 6.45) is 3.49. The molecule has 0 bridgehead atoms. The van der Waals surface area contributed by atoms with E-state index in [1.54, 1.807) is 18.6 Å². The normalized spacial score (nSPS) is 16.5. The molecule has 1 aromatic heterocycles. The number of aromatic nitrogens is 1. The Morgan fingerprint density at radius 1 is 1.09 bits per heavy atom. The summed E-state index contributed by atoms with van der Waals surface area (Å²) in [5.74, 6) is 2.87. The zero-order chi connectivity index (χ0) is 22.6. The predicted molar refractivity (Wildman–Crippen MR) is 133 cm³/mol. The van der Waals surface area contributed by atoms with Crippen LogP contribution < -0.4 is 19.7 Å². The van der Waals surface area contributed by atoms with E-state index >= 15 is 0 Å². The van der Waals surface area contributed by atoms with Crippen molar-refractivity contribution >= 4 is 39.0 Å². The Kier molecular flexibility index (Phi) is 6.64. The van der Waals surface area contributed by atoms with E-state index in [1.807, 2.05) is 24.3 Å². The van der Waals surface area contributed by atoms with Crippen LogP contribution in [0.4, 0.5) is 11.5 Å². The lowest BCUT2D eigenvalue weighted by atomic mass is 10.0. The van der Waals surface area contributed by atoms with Gasteiger partial charge >= 0.3 is 0 Å². The average Bonchev–Trinajstić information content (AvgIpc) is 3.28. The maximum absolute atomic E-state index is 11.6. The molecule has 0 spiro atoms. The average molecular weight is 467 g/mol. The van der Waals surface area contributed by atoms with Gasteiger partial charge in [0, 0.05) is 44.4 Å². The Morgan fingerprint density at radius 3 is 2.82 bits per heavy atom. The first-order valence-corrected chi connectivity index (χ1v) is 12.4. The minimum absolute atomic E-state index is 0.0850. The van der Waals surface area contributed by atoms with E-state index < -0.39 is 0 Å². The maximum atomic E-state index is 11.6. The molecule has 1 fully saturated rings. The lowest BCUT2D eigenvalue weighted by molar-refractivity contribution is -0.116. The van der Waals surface area contributed by atoms with Gasteiger partial charge in [-0.3, -0.25) is 9.69 Å². The quantitative estimate of drug-likeness (QED) is 0.503. The summed E-state index contributed by atoms with van der Waals surface area (Å²) in [4.78, 5) is 16.5. The Morgan fingerprint density at radius 2 is 1.97 bits per heavy atom. The van der Waals surface area contributed by atoms with E-state index in [0.717, 1.165) is 80.4 Å². The highest BCUT2D eigenvalue weighted by Gasteiger charge is 2.22. The Hall–Kier alpha value is -2.84. The maximum Gasteiger partial charge on any atom is 0.224 e. The lowest BCUT2D eigenvalue weighted by Gasteiger charge is -2.35. The number of hydrogen-bond donors (Lipinski definition) is 1. The highest BCUT2D eigenvalue weighted by molar-refractivity contribution is 7.13. The van der Waals surface area contributed by atoms with Crippen molar-refractivity contribution in [2.45, 2.75) is 25.7 Å². The van der Waals surface area contributed by atoms with Gasteiger partial charge in [0.25, 0.3) is 0 Å². The van der Waals surface area contributed by atoms with E-state index in [2.05, 4.69) is 27.2 Å². The fourth-order valence-electron chi connectivity index (χ4n) is 4.58. The fourth-order valence-corrected chi connectivity index (χ4v) is 5.40. The molecule has 7 nitrogen and oxygen atoms in total. The van der Waals surface area contributed by atoms with Crippen molar-refractivity contribution in [1.82, 2.24) is 9.27 Å². The topological polar surface area (TPSA) is 66.9 Å². The van der Waals surface area contributed by atoms with Gasteiger partial charge in [0.2, 0.25) is 5.91 Å². The number of piperazine rings is 1. The van der Waals surface area contributed by atoms with Crippen LogP contribution in [0.1, 0.15) is 24.8 Å². The molecule has 2 aromatic carbocycles. The summed E-state index contributed by atoms with van der Waals surface area (Å²) >= 11 is 1.54. The van der Waals surface area contributed by atoms with Gasteiger partial charge in [0.1, 0.15) is 11.5 Å². The summed E-state index contributed by atoms with van der Waals surface area (Å²) in [6.45, 7) is 5.82. The van der Waals surface area contributed by atoms with Crippen molar-refractivity contribution in [1.29, 1.82) is 0 Å². The number of amides is 1. The van der Waals surface area contributed by atoms with Crippen molar-refractivity contribution < 1.29 is 14.3 Å². The molecular formula is C25H30N4O3S. The number of anilines is 2. The highest BCUT2D eigenvalue weighted by atomic mass is 32.1. The molecule has 0 unspecified atom stereocenters. The summed E-state index contributed by atoms with van der Waals surface area (Å²) in [6, 6.07) is 12.2. The molecule has 0 radical (unpaired) electrons. The Balaban J connectivity index is 1.05. The van der Waals surface area contributed by atoms with Gasteiger partial charge in [0.15, 0.2) is 5.82 Å². The van der Waals surface area contributed by atoms with Gasteiger partial charge in [-0.15, -0.1) is 0 Å². The summed E-state index contributed by atoms with van der Waals surface area (Å²) in [5.41, 5.74) is 2.08. The van der Waals surface area contributed by atoms with Crippen LogP contribution in [0.2, 0.25) is 0 Å². The number of carbonyl (C=O) groups excluding carboxylic acids is 1. The van der Waals surface area contributed by atoms with Crippen LogP contribution in [0.3, 0.4) is 0 Å². The molecule has 1 N–H and O–H groups in total. The van der Waals surface area contributed by atoms with E-state index in [9.17, 15) is 4.79 Å². The van der Waals surface area contributed by atoms with Gasteiger partial charge in [-0.25, -0.2) is 0 Å². The van der Waals surface area contributed by atoms with Crippen LogP contribution >= 0.6 is 11.5 Å². The van der Waals surface area contributed by atoms with Crippen molar-refractivity contribution in [2.24, 2.45) is 0 Å². The number of nitrogens with one attached hydrogen (secondary N) is 1. The van der Waals surface area contributed by atoms with Crippen LogP contribution in [-0.4, -0.2) is 61.6 Å². The van der Waals surface area contributed by atoms with Crippen LogP contribution in [0.5, 0.6) is 11.5 Å². The zero-order valence-electron chi connectivity index (χ0n) is 19.0. The number of aryl methyl sites for hydroxylation is 1. The smallest absolute Gasteiger partial charge is 0.224 e. The van der Waals surface area contributed by atoms with Gasteiger partial charge in [-0.05, 0) is 61.1 Å². The Bertz CT molecular complexity index is 1120. The molecule has 0 atom stereocenters. The summed E-state index contributed by atoms with van der Waals surface area (Å²) in [5, 5.41) is 4.07. The number of carbonyl (C=O) groups is 1. The third kappa shape index (κ3) is 4.91. The minimum Gasteiger partial charge on any atom is -0.496 e. The van der Waals surface area contributed by atoms with Crippen molar-refractivity contribution in [3.05, 3.63) is 42.0 Å². The molecule has 8 heteroatoms. The van der Waals surface area contributed by atoms with Gasteiger partial charge < -0.3 is 19.7 Å². The van der Waals surface area contributed by atoms with Crippen molar-refractivity contribution in [3.63, 3.8) is 0 Å². The van der Waals surface area contributed by atoms with Crippen molar-refractivity contribution in [3.8, 4) is 11.5 Å². The molecule has 3 heterocycles. The van der Waals surface area contributed by atoms with E-state index in [-0.39, 0.29) is 5.91 Å². The number of nitrogens with zero attached hydrogens (tertiary/aromatic N) is 3. The first-order valence-electron chi connectivity index (χ1n) is 11.7. The lowest BCUT2D eigenvalue weighted by Crippen LogP contribution is -2.46. The standard InChI is InChI=1S/C25H30N4O3S/c1-31-21-5-4-6-22-24(21)25(27-33-22)29-14-12-28(13-15-29)11-2-3-16-32-19-9-7-18-8-10-23(30)26-20(18)17-19/h4-7,9,17H,2-3,8,10-16H2,1H3,(H,26,30). The first kappa shape index (κ1) is 22.0. The molecule has 0 saturated carbocycles. The second-order valence-corrected chi connectivity index (χ2v) is 9.40. The Labute approximate surface area is 198 Å². The van der Waals surface area contributed by atoms with E-state index in [0.29, 0.717) is 13.0 Å². The molecule has 2 aliphatic rings. The second-order valence-electron chi connectivity index (χ2n) is 8.59. The van der Waals surface area contributed by atoms with Crippen LogP contribution in [0.15, 0.2) is 36.4 Å². The third-order valence-electron chi connectivity index (χ3n) is 6.45. The number of hydrogen-bond acceptors (Lipinski definition) is 7. The number of ether oxygens (including phenoxy) is 2. The SMILES string of the molecule is COc1cccc2snc(N3CCN(CCCCOc4ccc5c(c4)NC(=O)CC5)CC3)c12. The molecule has 174 valence electrons. The number of unbranched alkanes of at least 4 members (excludes halogenated alkanes) is 1. The molecular weight excluding hydrogens is 436 g/mol. The van der Waals surface area contributed by atoms with Crippen molar-refractivity contribution in [2.75, 3.05) is 56.7 Å². The molecule has 3 aromatic rings. The predicted octanol–water partition coefficient (Wildman–Crippen LogP) is 4.17. The second kappa shape index (κ2) is 9.97. The molecule has 33 heavy (non-hydrogen) atoms. The third-order valence-corrected chi connectivity index (χ3v) is 7.25. The number of benzene rings is 2. The zero-order valence-corrected chi connectivity index (χ0v) is 19.8. The molecule has 0 aliphatic carbocycles. The van der Waals surface area contributed by atoms with Crippen LogP contribution in [0.25, 0.3) is 10.1 Å². The summed E-state index contributed by atoms with van der Waals surface area (Å²) < 4.78 is 17.4. The number of fused-ring (bicyclic) bond motifs is 2. The molecule has 1 amide bonds. The minimum atomic E-state index is 0.0850. The van der Waals surface area contributed by atoms with Gasteiger partial charge in [0.05, 0.1) is 23.8 Å². The first-order chi connectivity index (χ1) is 16.2. The van der Waals surface area contributed by atoms with E-state index in [4.69, 9.17) is 13.8 Å². The van der Waals surface area contributed by atoms with E-state index in [1.165, 1.54) is 10.3 Å². The van der Waals surface area contributed by atoms with Crippen LogP contribution in [0, 0.1) is 0 Å². The van der Waals surface area contributed by atoms with Gasteiger partial charge in [-0.1, -0.05) is 12.1 Å². The molecule has 1 saturated heterocycles. The molecule has 5 rings (SSSR count).